The summed E-state index contributed by atoms with van der Waals surface area (Å²) in [6.07, 6.45) is 14.2. The molecule has 0 N–H and O–H groups in total. The zero-order chi connectivity index (χ0) is 24.1. The van der Waals surface area contributed by atoms with E-state index in [1.165, 1.54) is 73.9 Å². The molecule has 1 aromatic heterocycles. The molecule has 0 aromatic carbocycles. The molecule has 0 bridgehead atoms. The summed E-state index contributed by atoms with van der Waals surface area (Å²) in [7, 11) is 2.19. The van der Waals surface area contributed by atoms with E-state index >= 15 is 0 Å². The van der Waals surface area contributed by atoms with Gasteiger partial charge in [0, 0.05) is 18.1 Å². The average molecular weight is 640 g/mol. The minimum absolute atomic E-state index is 1.23. The van der Waals surface area contributed by atoms with Crippen LogP contribution in [0.3, 0.4) is 0 Å². The van der Waals surface area contributed by atoms with E-state index in [1.807, 2.05) is 94.1 Å². The summed E-state index contributed by atoms with van der Waals surface area (Å²) >= 11 is 19.7. The zero-order valence-electron chi connectivity index (χ0n) is 19.9. The molecule has 0 amide bonds. The average Bonchev–Trinajstić information content (AvgIpc) is 3.58. The molecule has 0 saturated carbocycles. The Morgan fingerprint density at radius 1 is 0.765 bits per heavy atom. The van der Waals surface area contributed by atoms with Crippen LogP contribution in [0.15, 0.2) is 45.6 Å². The van der Waals surface area contributed by atoms with Gasteiger partial charge < -0.3 is 4.57 Å². The van der Waals surface area contributed by atoms with Crippen LogP contribution in [0.1, 0.15) is 45.2 Å². The Kier molecular flexibility index (Phi) is 12.0. The molecule has 0 aliphatic carbocycles. The predicted octanol–water partition coefficient (Wildman–Crippen LogP) is 11.7. The summed E-state index contributed by atoms with van der Waals surface area (Å²) in [5.41, 5.74) is 1.34. The number of rotatable bonds is 11. The smallest absolute Gasteiger partial charge is 0.0717 e. The van der Waals surface area contributed by atoms with Gasteiger partial charge in [-0.3, -0.25) is 0 Å². The van der Waals surface area contributed by atoms with Gasteiger partial charge in [0.15, 0.2) is 0 Å². The molecular weight excluding hydrogens is 611 g/mol. The number of unbranched alkanes of at least 4 members (excludes halogenated alkanes) is 2. The summed E-state index contributed by atoms with van der Waals surface area (Å²) in [6, 6.07) is 0. The fourth-order valence-electron chi connectivity index (χ4n) is 3.09. The lowest BCUT2D eigenvalue weighted by molar-refractivity contribution is 0.897. The molecule has 186 valence electrons. The SMILES string of the molecule is CCCCSC1=C(SCCCC)SC(=C2Sc3cn(C)c(C=C4SC(SC)=C(SC)S4)c3S2)S1. The minimum Gasteiger partial charge on any atom is -0.349 e. The Morgan fingerprint density at radius 3 is 1.85 bits per heavy atom. The Balaban J connectivity index is 1.50. The molecule has 0 unspecified atom stereocenters. The highest BCUT2D eigenvalue weighted by atomic mass is 32.3. The van der Waals surface area contributed by atoms with E-state index in [9.17, 15) is 0 Å². The maximum atomic E-state index is 2.40. The molecule has 0 atom stereocenters. The highest BCUT2D eigenvalue weighted by Crippen LogP contribution is 2.65. The van der Waals surface area contributed by atoms with Gasteiger partial charge >= 0.3 is 0 Å². The lowest BCUT2D eigenvalue weighted by atomic mass is 10.4. The van der Waals surface area contributed by atoms with Crippen LogP contribution in [0.4, 0.5) is 0 Å². The monoisotopic (exact) mass is 639 g/mol. The second-order valence-corrected chi connectivity index (χ2v) is 19.3. The van der Waals surface area contributed by atoms with Crippen molar-refractivity contribution >= 4 is 124 Å². The van der Waals surface area contributed by atoms with Crippen LogP contribution in [-0.2, 0) is 7.05 Å². The van der Waals surface area contributed by atoms with Gasteiger partial charge in [-0.05, 0) is 42.9 Å². The van der Waals surface area contributed by atoms with E-state index in [0.29, 0.717) is 0 Å². The minimum atomic E-state index is 1.23. The van der Waals surface area contributed by atoms with Crippen molar-refractivity contribution in [2.75, 3.05) is 24.0 Å². The van der Waals surface area contributed by atoms with Crippen molar-refractivity contribution in [2.45, 2.75) is 49.3 Å². The van der Waals surface area contributed by atoms with E-state index in [-0.39, 0.29) is 0 Å². The molecule has 4 rings (SSSR count). The number of hydrogen-bond donors (Lipinski definition) is 0. The van der Waals surface area contributed by atoms with E-state index in [2.05, 4.69) is 73.8 Å². The molecule has 3 aliphatic heterocycles. The maximum Gasteiger partial charge on any atom is 0.0717 e. The molecular formula is C23H29NS10. The molecule has 0 saturated heterocycles. The number of aryl methyl sites for hydroxylation is 1. The van der Waals surface area contributed by atoms with Gasteiger partial charge in [0.1, 0.15) is 0 Å². The lowest BCUT2D eigenvalue weighted by Gasteiger charge is -2.05. The van der Waals surface area contributed by atoms with Crippen molar-refractivity contribution < 1.29 is 0 Å². The van der Waals surface area contributed by atoms with Crippen LogP contribution in [0, 0.1) is 0 Å². The van der Waals surface area contributed by atoms with Crippen molar-refractivity contribution in [1.82, 2.24) is 4.57 Å². The van der Waals surface area contributed by atoms with E-state index in [0.717, 1.165) is 0 Å². The number of fused-ring (bicyclic) bond motifs is 1. The molecule has 34 heavy (non-hydrogen) atoms. The van der Waals surface area contributed by atoms with Gasteiger partial charge in [-0.25, -0.2) is 0 Å². The van der Waals surface area contributed by atoms with Crippen molar-refractivity contribution in [3.63, 3.8) is 0 Å². The predicted molar refractivity (Wildman–Crippen MR) is 178 cm³/mol. The normalized spacial score (nSPS) is 18.2. The lowest BCUT2D eigenvalue weighted by Crippen LogP contribution is -1.89. The van der Waals surface area contributed by atoms with Crippen LogP contribution >= 0.6 is 118 Å². The first-order valence-electron chi connectivity index (χ1n) is 11.1. The van der Waals surface area contributed by atoms with Gasteiger partial charge in [-0.15, -0.1) is 47.0 Å². The van der Waals surface area contributed by atoms with Gasteiger partial charge in [0.05, 0.1) is 40.2 Å². The van der Waals surface area contributed by atoms with E-state index < -0.39 is 0 Å². The third-order valence-corrected chi connectivity index (χ3v) is 18.8. The van der Waals surface area contributed by atoms with Crippen LogP contribution in [0.25, 0.3) is 6.08 Å². The number of thioether (sulfide) groups is 10. The van der Waals surface area contributed by atoms with Crippen molar-refractivity contribution in [3.8, 4) is 0 Å². The molecule has 1 aromatic rings. The highest BCUT2D eigenvalue weighted by Gasteiger charge is 2.32. The summed E-state index contributed by atoms with van der Waals surface area (Å²) < 4.78 is 12.6. The van der Waals surface area contributed by atoms with E-state index in [4.69, 9.17) is 0 Å². The molecule has 11 heteroatoms. The Bertz CT molecular complexity index is 991. The first-order chi connectivity index (χ1) is 16.6. The quantitative estimate of drug-likeness (QED) is 0.214. The third-order valence-electron chi connectivity index (χ3n) is 4.89. The van der Waals surface area contributed by atoms with E-state index in [1.54, 1.807) is 8.47 Å². The summed E-state index contributed by atoms with van der Waals surface area (Å²) in [5, 5.41) is 0. The fourth-order valence-corrected chi connectivity index (χ4v) is 17.1. The molecule has 0 radical (unpaired) electrons. The van der Waals surface area contributed by atoms with Crippen LogP contribution in [0.5, 0.6) is 0 Å². The van der Waals surface area contributed by atoms with Gasteiger partial charge in [-0.2, -0.15) is 0 Å². The second-order valence-electron chi connectivity index (χ2n) is 7.43. The van der Waals surface area contributed by atoms with Gasteiger partial charge in [0.25, 0.3) is 0 Å². The number of aromatic nitrogens is 1. The van der Waals surface area contributed by atoms with Crippen LogP contribution < -0.4 is 0 Å². The Morgan fingerprint density at radius 2 is 1.32 bits per heavy atom. The Labute approximate surface area is 247 Å². The second kappa shape index (κ2) is 14.2. The van der Waals surface area contributed by atoms with Crippen molar-refractivity contribution in [3.05, 3.63) is 41.6 Å². The molecule has 0 spiro atoms. The van der Waals surface area contributed by atoms with Crippen molar-refractivity contribution in [2.24, 2.45) is 7.05 Å². The van der Waals surface area contributed by atoms with Gasteiger partial charge in [0.2, 0.25) is 0 Å². The largest absolute Gasteiger partial charge is 0.349 e. The maximum absolute atomic E-state index is 2.40. The van der Waals surface area contributed by atoms with Crippen molar-refractivity contribution in [1.29, 1.82) is 0 Å². The molecule has 3 aliphatic rings. The topological polar surface area (TPSA) is 4.93 Å². The highest BCUT2D eigenvalue weighted by molar-refractivity contribution is 8.42. The first kappa shape index (κ1) is 28.7. The standard InChI is InChI=1S/C23H29NS10/c1-6-8-10-27-20-21(28-11-9-7-2)34-23(33-20)22-29-15-13-24(3)14(17(15)32-22)12-16-30-18(25-4)19(26-5)31-16/h12-13H,6-11H2,1-5H3. The van der Waals surface area contributed by atoms with Crippen LogP contribution in [0.2, 0.25) is 0 Å². The number of nitrogens with zero attached hydrogens (tertiary/aromatic N) is 1. The summed E-state index contributed by atoms with van der Waals surface area (Å²) in [4.78, 5) is 2.84. The zero-order valence-corrected chi connectivity index (χ0v) is 28.1. The third kappa shape index (κ3) is 7.03. The summed E-state index contributed by atoms with van der Waals surface area (Å²) in [6.45, 7) is 4.57. The van der Waals surface area contributed by atoms with Crippen LogP contribution in [-0.4, -0.2) is 28.6 Å². The first-order valence-corrected chi connectivity index (χ1v) is 20.4. The molecule has 4 heterocycles. The fraction of sp³-hybridized carbons (Fsp3) is 0.478. The molecule has 0 fully saturated rings. The molecule has 1 nitrogen and oxygen atoms in total. The Hall–Kier alpha value is 1.74. The number of hydrogen-bond acceptors (Lipinski definition) is 10. The summed E-state index contributed by atoms with van der Waals surface area (Å²) in [5.74, 6) is 2.47. The van der Waals surface area contributed by atoms with Gasteiger partial charge in [-0.1, -0.05) is 97.3 Å².